The van der Waals surface area contributed by atoms with E-state index in [0.717, 1.165) is 53.7 Å². The number of aromatic nitrogens is 1. The molecule has 1 saturated heterocycles. The molecule has 4 nitrogen and oxygen atoms in total. The summed E-state index contributed by atoms with van der Waals surface area (Å²) < 4.78 is 0. The zero-order valence-electron chi connectivity index (χ0n) is 17.0. The van der Waals surface area contributed by atoms with Crippen LogP contribution < -0.4 is 4.90 Å². The van der Waals surface area contributed by atoms with Gasteiger partial charge >= 0.3 is 0 Å². The van der Waals surface area contributed by atoms with Crippen LogP contribution in [0.15, 0.2) is 60.7 Å². The normalized spacial score (nSPS) is 14.8. The number of carbonyl (C=O) groups excluding carboxylic acids is 1. The summed E-state index contributed by atoms with van der Waals surface area (Å²) in [6.07, 6.45) is 3.24. The Morgan fingerprint density at radius 2 is 1.69 bits per heavy atom. The first-order valence-electron chi connectivity index (χ1n) is 10.2. The lowest BCUT2D eigenvalue weighted by atomic mass is 9.90. The highest BCUT2D eigenvalue weighted by Crippen LogP contribution is 2.32. The van der Waals surface area contributed by atoms with Gasteiger partial charge in [0.25, 0.3) is 5.91 Å². The lowest BCUT2D eigenvalue weighted by Crippen LogP contribution is -2.38. The number of rotatable bonds is 5. The second kappa shape index (κ2) is 8.78. The fraction of sp³-hybridized carbons (Fsp3) is 0.333. The van der Waals surface area contributed by atoms with E-state index >= 15 is 0 Å². The molecule has 150 valence electrons. The van der Waals surface area contributed by atoms with Gasteiger partial charge in [0.15, 0.2) is 5.13 Å². The second-order valence-electron chi connectivity index (χ2n) is 7.73. The summed E-state index contributed by atoms with van der Waals surface area (Å²) in [5.41, 5.74) is 3.29. The zero-order valence-corrected chi connectivity index (χ0v) is 17.9. The highest BCUT2D eigenvalue weighted by atomic mass is 32.1. The van der Waals surface area contributed by atoms with E-state index in [9.17, 15) is 4.79 Å². The van der Waals surface area contributed by atoms with E-state index in [1.54, 1.807) is 0 Å². The first-order chi connectivity index (χ1) is 14.1. The van der Waals surface area contributed by atoms with Crippen molar-refractivity contribution in [2.24, 2.45) is 5.92 Å². The SMILES string of the molecule is Cc1nc(N(C)c2ccccc2)sc1C(=O)N1CCC(Cc2ccccc2)CC1. The Hall–Kier alpha value is -2.66. The number of thiazole rings is 1. The Morgan fingerprint density at radius 3 is 2.34 bits per heavy atom. The number of carbonyl (C=O) groups is 1. The van der Waals surface area contributed by atoms with Crippen LogP contribution in [0.3, 0.4) is 0 Å². The van der Waals surface area contributed by atoms with Gasteiger partial charge in [0.2, 0.25) is 0 Å². The number of hydrogen-bond donors (Lipinski definition) is 0. The van der Waals surface area contributed by atoms with Crippen LogP contribution in [0.2, 0.25) is 0 Å². The Balaban J connectivity index is 1.40. The maximum Gasteiger partial charge on any atom is 0.265 e. The van der Waals surface area contributed by atoms with Gasteiger partial charge in [-0.3, -0.25) is 4.79 Å². The number of hydrogen-bond acceptors (Lipinski definition) is 4. The molecule has 4 rings (SSSR count). The van der Waals surface area contributed by atoms with Crippen molar-refractivity contribution in [2.75, 3.05) is 25.0 Å². The highest BCUT2D eigenvalue weighted by molar-refractivity contribution is 7.17. The van der Waals surface area contributed by atoms with E-state index in [2.05, 4.69) is 47.4 Å². The van der Waals surface area contributed by atoms with Crippen molar-refractivity contribution in [3.8, 4) is 0 Å². The molecule has 0 saturated carbocycles. The highest BCUT2D eigenvalue weighted by Gasteiger charge is 2.27. The summed E-state index contributed by atoms with van der Waals surface area (Å²) in [5.74, 6) is 0.787. The van der Waals surface area contributed by atoms with Crippen LogP contribution in [0.25, 0.3) is 0 Å². The molecular formula is C24H27N3OS. The van der Waals surface area contributed by atoms with Crippen LogP contribution in [0.5, 0.6) is 0 Å². The van der Waals surface area contributed by atoms with Gasteiger partial charge in [-0.1, -0.05) is 59.9 Å². The third kappa shape index (κ3) is 4.51. The van der Waals surface area contributed by atoms with Gasteiger partial charge in [-0.25, -0.2) is 4.98 Å². The molecule has 0 atom stereocenters. The summed E-state index contributed by atoms with van der Waals surface area (Å²) >= 11 is 1.49. The van der Waals surface area contributed by atoms with Crippen LogP contribution in [0.4, 0.5) is 10.8 Å². The van der Waals surface area contributed by atoms with Crippen molar-refractivity contribution in [1.29, 1.82) is 0 Å². The summed E-state index contributed by atoms with van der Waals surface area (Å²) in [5, 5.41) is 0.857. The van der Waals surface area contributed by atoms with Crippen molar-refractivity contribution >= 4 is 28.1 Å². The monoisotopic (exact) mass is 405 g/mol. The van der Waals surface area contributed by atoms with Gasteiger partial charge in [0, 0.05) is 25.8 Å². The molecule has 0 spiro atoms. The maximum absolute atomic E-state index is 13.1. The number of anilines is 2. The first kappa shape index (κ1) is 19.6. The largest absolute Gasteiger partial charge is 0.338 e. The van der Waals surface area contributed by atoms with Gasteiger partial charge < -0.3 is 9.80 Å². The standard InChI is InChI=1S/C24H27N3OS/c1-18-22(29-24(25-18)26(2)21-11-7-4-8-12-21)23(28)27-15-13-20(14-16-27)17-19-9-5-3-6-10-19/h3-12,20H,13-17H2,1-2H3. The van der Waals surface area contributed by atoms with E-state index in [0.29, 0.717) is 5.92 Å². The predicted octanol–water partition coefficient (Wildman–Crippen LogP) is 5.31. The van der Waals surface area contributed by atoms with Crippen molar-refractivity contribution in [1.82, 2.24) is 9.88 Å². The van der Waals surface area contributed by atoms with Crippen molar-refractivity contribution in [3.05, 3.63) is 76.8 Å². The van der Waals surface area contributed by atoms with Crippen LogP contribution in [-0.4, -0.2) is 35.9 Å². The molecule has 0 unspecified atom stereocenters. The third-order valence-corrected chi connectivity index (χ3v) is 6.90. The number of amides is 1. The second-order valence-corrected chi connectivity index (χ2v) is 8.71. The fourth-order valence-corrected chi connectivity index (χ4v) is 4.93. The van der Waals surface area contributed by atoms with Gasteiger partial charge in [-0.15, -0.1) is 0 Å². The number of benzene rings is 2. The summed E-state index contributed by atoms with van der Waals surface area (Å²) in [6.45, 7) is 3.60. The van der Waals surface area contributed by atoms with Gasteiger partial charge in [-0.2, -0.15) is 0 Å². The van der Waals surface area contributed by atoms with Crippen LogP contribution >= 0.6 is 11.3 Å². The quantitative estimate of drug-likeness (QED) is 0.577. The number of likely N-dealkylation sites (tertiary alicyclic amines) is 1. The number of para-hydroxylation sites is 1. The van der Waals surface area contributed by atoms with E-state index in [-0.39, 0.29) is 5.91 Å². The lowest BCUT2D eigenvalue weighted by molar-refractivity contribution is 0.0694. The Bertz CT molecular complexity index is 947. The average Bonchev–Trinajstić information content (AvgIpc) is 3.16. The summed E-state index contributed by atoms with van der Waals surface area (Å²) in [7, 11) is 2.00. The molecule has 2 aromatic carbocycles. The average molecular weight is 406 g/mol. The zero-order chi connectivity index (χ0) is 20.2. The minimum Gasteiger partial charge on any atom is -0.338 e. The Labute approximate surface area is 176 Å². The molecule has 0 bridgehead atoms. The molecule has 29 heavy (non-hydrogen) atoms. The molecule has 1 aliphatic rings. The number of nitrogens with zero attached hydrogens (tertiary/aromatic N) is 3. The smallest absolute Gasteiger partial charge is 0.265 e. The maximum atomic E-state index is 13.1. The molecule has 1 aliphatic heterocycles. The molecule has 3 aromatic rings. The van der Waals surface area contributed by atoms with Crippen molar-refractivity contribution in [3.63, 3.8) is 0 Å². The van der Waals surface area contributed by atoms with Gasteiger partial charge in [-0.05, 0) is 49.8 Å². The van der Waals surface area contributed by atoms with Crippen molar-refractivity contribution < 1.29 is 4.79 Å². The lowest BCUT2D eigenvalue weighted by Gasteiger charge is -2.32. The minimum absolute atomic E-state index is 0.130. The van der Waals surface area contributed by atoms with Crippen LogP contribution in [0.1, 0.15) is 33.8 Å². The predicted molar refractivity (Wildman–Crippen MR) is 120 cm³/mol. The van der Waals surface area contributed by atoms with Crippen LogP contribution in [0, 0.1) is 12.8 Å². The molecule has 1 fully saturated rings. The Morgan fingerprint density at radius 1 is 1.07 bits per heavy atom. The van der Waals surface area contributed by atoms with E-state index in [1.165, 1.54) is 16.9 Å². The van der Waals surface area contributed by atoms with Gasteiger partial charge in [0.05, 0.1) is 5.69 Å². The molecule has 0 N–H and O–H groups in total. The molecule has 0 aliphatic carbocycles. The van der Waals surface area contributed by atoms with E-state index in [1.807, 2.05) is 42.0 Å². The van der Waals surface area contributed by atoms with E-state index in [4.69, 9.17) is 0 Å². The molecule has 0 radical (unpaired) electrons. The minimum atomic E-state index is 0.130. The van der Waals surface area contributed by atoms with Crippen LogP contribution in [-0.2, 0) is 6.42 Å². The molecule has 1 aromatic heterocycles. The topological polar surface area (TPSA) is 36.4 Å². The fourth-order valence-electron chi connectivity index (χ4n) is 3.92. The third-order valence-electron chi connectivity index (χ3n) is 5.68. The summed E-state index contributed by atoms with van der Waals surface area (Å²) in [4.78, 5) is 22.6. The van der Waals surface area contributed by atoms with E-state index < -0.39 is 0 Å². The Kier molecular flexibility index (Phi) is 5.95. The molecule has 1 amide bonds. The molecular weight excluding hydrogens is 378 g/mol. The first-order valence-corrected chi connectivity index (χ1v) is 11.0. The van der Waals surface area contributed by atoms with Crippen molar-refractivity contribution in [2.45, 2.75) is 26.2 Å². The van der Waals surface area contributed by atoms with Gasteiger partial charge in [0.1, 0.15) is 4.88 Å². The number of piperidine rings is 1. The molecule has 5 heteroatoms. The molecule has 2 heterocycles. The number of aryl methyl sites for hydroxylation is 1. The summed E-state index contributed by atoms with van der Waals surface area (Å²) in [6, 6.07) is 20.8.